The molecule has 0 atom stereocenters. The van der Waals surface area contributed by atoms with E-state index in [9.17, 15) is 0 Å². The second-order valence-corrected chi connectivity index (χ2v) is 5.00. The van der Waals surface area contributed by atoms with Gasteiger partial charge in [-0.05, 0) is 37.5 Å². The fraction of sp³-hybridized carbons (Fsp3) is 0.417. The van der Waals surface area contributed by atoms with Crippen LogP contribution in [0.25, 0.3) is 0 Å². The van der Waals surface area contributed by atoms with Crippen molar-refractivity contribution in [1.82, 2.24) is 0 Å². The van der Waals surface area contributed by atoms with Crippen LogP contribution in [0.4, 0.5) is 5.69 Å². The highest BCUT2D eigenvalue weighted by atomic mass is 35.5. The summed E-state index contributed by atoms with van der Waals surface area (Å²) in [6.45, 7) is 0.825. The Kier molecular flexibility index (Phi) is 2.11. The molecule has 1 saturated carbocycles. The minimum Gasteiger partial charge on any atom is -0.369 e. The summed E-state index contributed by atoms with van der Waals surface area (Å²) in [5.74, 6) is 0.627. The van der Waals surface area contributed by atoms with Gasteiger partial charge < -0.3 is 10.6 Å². The van der Waals surface area contributed by atoms with Crippen LogP contribution >= 0.6 is 11.6 Å². The first-order valence-electron chi connectivity index (χ1n) is 5.57. The predicted octanol–water partition coefficient (Wildman–Crippen LogP) is 2.40. The molecular weight excluding hydrogens is 222 g/mol. The number of nitrogens with zero attached hydrogens (tertiary/aromatic N) is 2. The second kappa shape index (κ2) is 3.39. The zero-order valence-electron chi connectivity index (χ0n) is 8.99. The molecule has 2 N–H and O–H groups in total. The van der Waals surface area contributed by atoms with Gasteiger partial charge in [0.05, 0.1) is 12.1 Å². The van der Waals surface area contributed by atoms with E-state index < -0.39 is 0 Å². The minimum atomic E-state index is 0.148. The molecule has 3 nitrogen and oxygen atoms in total. The van der Waals surface area contributed by atoms with E-state index in [1.165, 1.54) is 19.3 Å². The molecular formula is C12H14ClN3. The molecule has 1 fully saturated rings. The van der Waals surface area contributed by atoms with Crippen LogP contribution in [0, 0.1) is 0 Å². The highest BCUT2D eigenvalue weighted by Crippen LogP contribution is 2.43. The van der Waals surface area contributed by atoms with Gasteiger partial charge in [-0.2, -0.15) is 0 Å². The number of halogens is 1. The molecule has 1 aliphatic heterocycles. The summed E-state index contributed by atoms with van der Waals surface area (Å²) in [6, 6.07) is 7.83. The van der Waals surface area contributed by atoms with Gasteiger partial charge in [0.15, 0.2) is 5.96 Å². The maximum atomic E-state index is 6.02. The normalized spacial score (nSPS) is 22.1. The number of rotatable bonds is 1. The molecule has 2 aliphatic rings. The zero-order valence-corrected chi connectivity index (χ0v) is 9.74. The predicted molar refractivity (Wildman–Crippen MR) is 67.0 cm³/mol. The van der Waals surface area contributed by atoms with Gasteiger partial charge in [0, 0.05) is 10.7 Å². The zero-order chi connectivity index (χ0) is 11.2. The fourth-order valence-electron chi connectivity index (χ4n) is 2.60. The van der Waals surface area contributed by atoms with Gasteiger partial charge in [-0.15, -0.1) is 0 Å². The van der Waals surface area contributed by atoms with Crippen molar-refractivity contribution in [3.8, 4) is 0 Å². The van der Waals surface area contributed by atoms with Crippen LogP contribution in [-0.4, -0.2) is 18.0 Å². The summed E-state index contributed by atoms with van der Waals surface area (Å²) in [4.78, 5) is 6.53. The molecule has 1 aromatic carbocycles. The fourth-order valence-corrected chi connectivity index (χ4v) is 2.79. The summed E-state index contributed by atoms with van der Waals surface area (Å²) in [5, 5.41) is 0.742. The van der Waals surface area contributed by atoms with Crippen molar-refractivity contribution < 1.29 is 0 Å². The molecule has 1 spiro atoms. The highest BCUT2D eigenvalue weighted by molar-refractivity contribution is 6.31. The molecule has 1 aliphatic carbocycles. The van der Waals surface area contributed by atoms with Crippen LogP contribution in [0.3, 0.4) is 0 Å². The molecule has 0 unspecified atom stereocenters. The van der Waals surface area contributed by atoms with Gasteiger partial charge in [0.25, 0.3) is 0 Å². The Balaban J connectivity index is 2.01. The first kappa shape index (κ1) is 9.97. The van der Waals surface area contributed by atoms with Gasteiger partial charge in [0.1, 0.15) is 0 Å². The molecule has 84 valence electrons. The SMILES string of the molecule is NC1=NCC2(CCC2)N1c1cccc(Cl)c1. The van der Waals surface area contributed by atoms with Crippen LogP contribution < -0.4 is 10.6 Å². The number of anilines is 1. The van der Waals surface area contributed by atoms with Crippen LogP contribution in [0.1, 0.15) is 19.3 Å². The summed E-state index contributed by atoms with van der Waals surface area (Å²) in [6.07, 6.45) is 3.60. The molecule has 0 amide bonds. The summed E-state index contributed by atoms with van der Waals surface area (Å²) in [7, 11) is 0. The summed E-state index contributed by atoms with van der Waals surface area (Å²) < 4.78 is 0. The average Bonchev–Trinajstić information content (AvgIpc) is 2.55. The summed E-state index contributed by atoms with van der Waals surface area (Å²) >= 11 is 6.02. The third-order valence-corrected chi connectivity index (χ3v) is 3.82. The van der Waals surface area contributed by atoms with Crippen LogP contribution in [-0.2, 0) is 0 Å². The highest BCUT2D eigenvalue weighted by Gasteiger charge is 2.47. The Bertz CT molecular complexity index is 451. The van der Waals surface area contributed by atoms with E-state index in [0.29, 0.717) is 5.96 Å². The minimum absolute atomic E-state index is 0.148. The van der Waals surface area contributed by atoms with Crippen molar-refractivity contribution >= 4 is 23.2 Å². The van der Waals surface area contributed by atoms with Crippen molar-refractivity contribution in [2.45, 2.75) is 24.8 Å². The van der Waals surface area contributed by atoms with Gasteiger partial charge in [0.2, 0.25) is 0 Å². The standard InChI is InChI=1S/C12H14ClN3/c13-9-3-1-4-10(7-9)16-11(14)15-8-12(16)5-2-6-12/h1,3-4,7H,2,5-6,8H2,(H2,14,15). The monoisotopic (exact) mass is 235 g/mol. The topological polar surface area (TPSA) is 41.6 Å². The van der Waals surface area contributed by atoms with Gasteiger partial charge >= 0.3 is 0 Å². The summed E-state index contributed by atoms with van der Waals surface area (Å²) in [5.41, 5.74) is 7.19. The van der Waals surface area contributed by atoms with E-state index in [0.717, 1.165) is 17.3 Å². The van der Waals surface area contributed by atoms with Gasteiger partial charge in [-0.25, -0.2) is 0 Å². The Morgan fingerprint density at radius 1 is 1.38 bits per heavy atom. The number of nitrogens with two attached hydrogens (primary N) is 1. The lowest BCUT2D eigenvalue weighted by Gasteiger charge is -2.46. The van der Waals surface area contributed by atoms with Crippen molar-refractivity contribution in [1.29, 1.82) is 0 Å². The Morgan fingerprint density at radius 3 is 2.81 bits per heavy atom. The molecule has 0 bridgehead atoms. The van der Waals surface area contributed by atoms with E-state index >= 15 is 0 Å². The molecule has 1 aromatic rings. The number of benzene rings is 1. The number of hydrogen-bond donors (Lipinski definition) is 1. The van der Waals surface area contributed by atoms with Crippen molar-refractivity contribution in [2.24, 2.45) is 10.7 Å². The van der Waals surface area contributed by atoms with E-state index in [2.05, 4.69) is 9.89 Å². The first-order chi connectivity index (χ1) is 7.71. The van der Waals surface area contributed by atoms with Crippen molar-refractivity contribution in [3.63, 3.8) is 0 Å². The molecule has 4 heteroatoms. The first-order valence-corrected chi connectivity index (χ1v) is 5.95. The molecule has 3 rings (SSSR count). The Morgan fingerprint density at radius 2 is 2.19 bits per heavy atom. The van der Waals surface area contributed by atoms with Gasteiger partial charge in [-0.3, -0.25) is 4.99 Å². The molecule has 0 radical (unpaired) electrons. The number of aliphatic imine (C=N–C) groups is 1. The molecule has 0 saturated heterocycles. The lowest BCUT2D eigenvalue weighted by atomic mass is 9.76. The Labute approximate surface area is 99.9 Å². The Hall–Kier alpha value is -1.22. The van der Waals surface area contributed by atoms with Crippen LogP contribution in [0.15, 0.2) is 29.3 Å². The maximum Gasteiger partial charge on any atom is 0.196 e. The number of guanidine groups is 1. The van der Waals surface area contributed by atoms with E-state index in [-0.39, 0.29) is 5.54 Å². The van der Waals surface area contributed by atoms with E-state index in [1.807, 2.05) is 24.3 Å². The van der Waals surface area contributed by atoms with E-state index in [4.69, 9.17) is 17.3 Å². The van der Waals surface area contributed by atoms with Crippen molar-refractivity contribution in [3.05, 3.63) is 29.3 Å². The third-order valence-electron chi connectivity index (χ3n) is 3.59. The average molecular weight is 236 g/mol. The molecule has 0 aromatic heterocycles. The van der Waals surface area contributed by atoms with Crippen molar-refractivity contribution in [2.75, 3.05) is 11.4 Å². The molecule has 1 heterocycles. The lowest BCUT2D eigenvalue weighted by molar-refractivity contribution is 0.272. The molecule has 16 heavy (non-hydrogen) atoms. The van der Waals surface area contributed by atoms with E-state index in [1.54, 1.807) is 0 Å². The quantitative estimate of drug-likeness (QED) is 0.812. The van der Waals surface area contributed by atoms with Crippen LogP contribution in [0.2, 0.25) is 5.02 Å². The second-order valence-electron chi connectivity index (χ2n) is 4.57. The number of hydrogen-bond acceptors (Lipinski definition) is 3. The lowest BCUT2D eigenvalue weighted by Crippen LogP contribution is -2.56. The maximum absolute atomic E-state index is 6.02. The van der Waals surface area contributed by atoms with Crippen LogP contribution in [0.5, 0.6) is 0 Å². The smallest absolute Gasteiger partial charge is 0.196 e. The largest absolute Gasteiger partial charge is 0.369 e. The van der Waals surface area contributed by atoms with Gasteiger partial charge in [-0.1, -0.05) is 17.7 Å². The third kappa shape index (κ3) is 1.31.